The predicted octanol–water partition coefficient (Wildman–Crippen LogP) is 3.87. The number of ether oxygens (including phenoxy) is 2. The Labute approximate surface area is 250 Å². The third kappa shape index (κ3) is 8.47. The molecule has 9 heteroatoms. The standard InChI is InChI=1S/C33H48N4O5/c1-21(2)17-25(14-16-29(38)34-5)36-32(39)31-27(23-11-9-8-10-12-23)20-37(31)33(40)30(22(3)4)35-19-24-13-15-26(41-6)18-28(24)42-7/h8-13,15,18,21-22,25,27,30-31,35H,14,16-17,19-20H2,1-7H3,(H,34,38)(H,36,39)/t25-,27+,30-,31-/m1/s1. The van der Waals surface area contributed by atoms with Crippen molar-refractivity contribution in [3.8, 4) is 11.5 Å². The average Bonchev–Trinajstić information content (AvgIpc) is 2.95. The Bertz CT molecular complexity index is 1190. The van der Waals surface area contributed by atoms with Crippen molar-refractivity contribution in [2.24, 2.45) is 11.8 Å². The molecule has 0 spiro atoms. The van der Waals surface area contributed by atoms with Crippen LogP contribution in [-0.2, 0) is 20.9 Å². The van der Waals surface area contributed by atoms with Crippen LogP contribution in [0.25, 0.3) is 0 Å². The number of amides is 3. The predicted molar refractivity (Wildman–Crippen MR) is 164 cm³/mol. The largest absolute Gasteiger partial charge is 0.497 e. The fourth-order valence-electron chi connectivity index (χ4n) is 5.58. The van der Waals surface area contributed by atoms with Crippen molar-refractivity contribution in [2.45, 2.75) is 77.5 Å². The Morgan fingerprint density at radius 3 is 2.31 bits per heavy atom. The fraction of sp³-hybridized carbons (Fsp3) is 0.545. The van der Waals surface area contributed by atoms with Gasteiger partial charge in [-0.2, -0.15) is 0 Å². The van der Waals surface area contributed by atoms with Gasteiger partial charge < -0.3 is 30.3 Å². The molecule has 0 radical (unpaired) electrons. The van der Waals surface area contributed by atoms with Crippen LogP contribution in [0, 0.1) is 11.8 Å². The molecule has 0 unspecified atom stereocenters. The first-order chi connectivity index (χ1) is 20.1. The molecular weight excluding hydrogens is 532 g/mol. The first-order valence-corrected chi connectivity index (χ1v) is 14.9. The number of benzene rings is 2. The zero-order valence-corrected chi connectivity index (χ0v) is 26.1. The third-order valence-corrected chi connectivity index (χ3v) is 7.93. The first kappa shape index (κ1) is 32.9. The minimum absolute atomic E-state index is 0.0116. The molecule has 3 rings (SSSR count). The molecule has 4 atom stereocenters. The molecule has 1 fully saturated rings. The van der Waals surface area contributed by atoms with Gasteiger partial charge in [0, 0.05) is 50.1 Å². The molecule has 3 amide bonds. The lowest BCUT2D eigenvalue weighted by Gasteiger charge is -2.49. The van der Waals surface area contributed by atoms with Crippen molar-refractivity contribution >= 4 is 17.7 Å². The van der Waals surface area contributed by atoms with Gasteiger partial charge in [0.05, 0.1) is 20.3 Å². The summed E-state index contributed by atoms with van der Waals surface area (Å²) in [4.78, 5) is 41.6. The van der Waals surface area contributed by atoms with Gasteiger partial charge in [0.25, 0.3) is 0 Å². The van der Waals surface area contributed by atoms with Crippen LogP contribution in [0.4, 0.5) is 0 Å². The lowest BCUT2D eigenvalue weighted by Crippen LogP contribution is -2.67. The molecule has 42 heavy (non-hydrogen) atoms. The summed E-state index contributed by atoms with van der Waals surface area (Å²) in [6, 6.07) is 14.2. The second-order valence-electron chi connectivity index (χ2n) is 11.8. The van der Waals surface area contributed by atoms with E-state index in [-0.39, 0.29) is 35.6 Å². The molecule has 1 saturated heterocycles. The smallest absolute Gasteiger partial charge is 0.243 e. The minimum atomic E-state index is -0.631. The van der Waals surface area contributed by atoms with Crippen LogP contribution >= 0.6 is 0 Å². The normalized spacial score (nSPS) is 17.8. The van der Waals surface area contributed by atoms with E-state index in [2.05, 4.69) is 29.8 Å². The molecule has 0 bridgehead atoms. The van der Waals surface area contributed by atoms with Gasteiger partial charge in [0.2, 0.25) is 17.7 Å². The van der Waals surface area contributed by atoms with Gasteiger partial charge in [-0.3, -0.25) is 14.4 Å². The monoisotopic (exact) mass is 580 g/mol. The molecule has 1 heterocycles. The van der Waals surface area contributed by atoms with Gasteiger partial charge in [-0.05, 0) is 36.3 Å². The molecule has 0 saturated carbocycles. The summed E-state index contributed by atoms with van der Waals surface area (Å²) in [5.41, 5.74) is 1.94. The van der Waals surface area contributed by atoms with E-state index in [0.29, 0.717) is 43.3 Å². The molecule has 1 aliphatic heterocycles. The number of methoxy groups -OCH3 is 2. The lowest BCUT2D eigenvalue weighted by atomic mass is 9.80. The highest BCUT2D eigenvalue weighted by molar-refractivity contribution is 5.93. The van der Waals surface area contributed by atoms with Gasteiger partial charge in [0.15, 0.2) is 0 Å². The van der Waals surface area contributed by atoms with E-state index >= 15 is 0 Å². The number of nitrogens with zero attached hydrogens (tertiary/aromatic N) is 1. The maximum Gasteiger partial charge on any atom is 0.243 e. The molecule has 230 valence electrons. The Morgan fingerprint density at radius 1 is 1.00 bits per heavy atom. The highest BCUT2D eigenvalue weighted by Gasteiger charge is 2.49. The van der Waals surface area contributed by atoms with Gasteiger partial charge in [-0.1, -0.05) is 64.1 Å². The van der Waals surface area contributed by atoms with E-state index in [1.165, 1.54) is 0 Å². The van der Waals surface area contributed by atoms with Crippen molar-refractivity contribution in [3.05, 3.63) is 59.7 Å². The average molecular weight is 581 g/mol. The van der Waals surface area contributed by atoms with E-state index in [4.69, 9.17) is 9.47 Å². The highest BCUT2D eigenvalue weighted by Crippen LogP contribution is 2.36. The van der Waals surface area contributed by atoms with E-state index in [1.54, 1.807) is 26.2 Å². The van der Waals surface area contributed by atoms with Crippen molar-refractivity contribution in [1.29, 1.82) is 0 Å². The van der Waals surface area contributed by atoms with Crippen LogP contribution in [0.5, 0.6) is 11.5 Å². The van der Waals surface area contributed by atoms with Crippen molar-refractivity contribution < 1.29 is 23.9 Å². The number of hydrogen-bond donors (Lipinski definition) is 3. The second kappa shape index (κ2) is 15.6. The molecule has 9 nitrogen and oxygen atoms in total. The van der Waals surface area contributed by atoms with E-state index in [0.717, 1.165) is 17.5 Å². The Morgan fingerprint density at radius 2 is 1.71 bits per heavy atom. The van der Waals surface area contributed by atoms with Crippen LogP contribution in [0.2, 0.25) is 0 Å². The summed E-state index contributed by atoms with van der Waals surface area (Å²) in [6.45, 7) is 9.09. The van der Waals surface area contributed by atoms with Crippen LogP contribution < -0.4 is 25.4 Å². The van der Waals surface area contributed by atoms with Gasteiger partial charge in [-0.25, -0.2) is 0 Å². The fourth-order valence-corrected chi connectivity index (χ4v) is 5.58. The first-order valence-electron chi connectivity index (χ1n) is 14.9. The number of hydrogen-bond acceptors (Lipinski definition) is 6. The van der Waals surface area contributed by atoms with Crippen LogP contribution in [0.3, 0.4) is 0 Å². The topological polar surface area (TPSA) is 109 Å². The number of likely N-dealkylation sites (tertiary alicyclic amines) is 1. The van der Waals surface area contributed by atoms with Gasteiger partial charge in [-0.15, -0.1) is 0 Å². The molecule has 2 aromatic carbocycles. The summed E-state index contributed by atoms with van der Waals surface area (Å²) in [7, 11) is 4.83. The summed E-state index contributed by atoms with van der Waals surface area (Å²) in [5.74, 6) is 1.26. The number of carbonyl (C=O) groups is 3. The maximum absolute atomic E-state index is 14.0. The Balaban J connectivity index is 1.81. The minimum Gasteiger partial charge on any atom is -0.497 e. The summed E-state index contributed by atoms with van der Waals surface area (Å²) in [5, 5.41) is 9.29. The summed E-state index contributed by atoms with van der Waals surface area (Å²) >= 11 is 0. The van der Waals surface area contributed by atoms with E-state index in [9.17, 15) is 14.4 Å². The SMILES string of the molecule is CNC(=O)CC[C@H](CC(C)C)NC(=O)[C@H]1[C@H](c2ccccc2)CN1C(=O)[C@H](NCc1ccc(OC)cc1OC)C(C)C. The molecular formula is C33H48N4O5. The third-order valence-electron chi connectivity index (χ3n) is 7.93. The zero-order chi connectivity index (χ0) is 30.8. The van der Waals surface area contributed by atoms with Crippen molar-refractivity contribution in [3.63, 3.8) is 0 Å². The summed E-state index contributed by atoms with van der Waals surface area (Å²) < 4.78 is 10.9. The number of nitrogens with one attached hydrogen (secondary N) is 3. The summed E-state index contributed by atoms with van der Waals surface area (Å²) in [6.07, 6.45) is 1.62. The maximum atomic E-state index is 14.0. The molecule has 1 aliphatic rings. The Hall–Kier alpha value is -3.59. The van der Waals surface area contributed by atoms with Gasteiger partial charge in [0.1, 0.15) is 17.5 Å². The van der Waals surface area contributed by atoms with Crippen LogP contribution in [0.1, 0.15) is 64.0 Å². The van der Waals surface area contributed by atoms with E-state index < -0.39 is 12.1 Å². The van der Waals surface area contributed by atoms with E-state index in [1.807, 2.05) is 62.4 Å². The Kier molecular flexibility index (Phi) is 12.2. The van der Waals surface area contributed by atoms with Crippen LogP contribution in [0.15, 0.2) is 48.5 Å². The number of carbonyl (C=O) groups excluding carboxylic acids is 3. The second-order valence-corrected chi connectivity index (χ2v) is 11.8. The van der Waals surface area contributed by atoms with Crippen molar-refractivity contribution in [2.75, 3.05) is 27.8 Å². The van der Waals surface area contributed by atoms with Crippen molar-refractivity contribution in [1.82, 2.24) is 20.9 Å². The molecule has 0 aliphatic carbocycles. The highest BCUT2D eigenvalue weighted by atomic mass is 16.5. The lowest BCUT2D eigenvalue weighted by molar-refractivity contribution is -0.152. The molecule has 2 aromatic rings. The molecule has 3 N–H and O–H groups in total. The van der Waals surface area contributed by atoms with Crippen LogP contribution in [-0.4, -0.2) is 68.6 Å². The molecule has 0 aromatic heterocycles. The van der Waals surface area contributed by atoms with Gasteiger partial charge >= 0.3 is 0 Å². The zero-order valence-electron chi connectivity index (χ0n) is 26.1. The number of rotatable bonds is 15. The quantitative estimate of drug-likeness (QED) is 0.295.